The maximum absolute atomic E-state index is 12.2. The number of benzene rings is 1. The molecule has 100 valence electrons. The third-order valence-corrected chi connectivity index (χ3v) is 3.52. The van der Waals surface area contributed by atoms with Crippen LogP contribution >= 0.6 is 11.6 Å². The third kappa shape index (κ3) is 3.04. The van der Waals surface area contributed by atoms with Gasteiger partial charge in [-0.3, -0.25) is 9.48 Å². The zero-order valence-electron chi connectivity index (χ0n) is 11.2. The fourth-order valence-electron chi connectivity index (χ4n) is 2.14. The molecule has 1 aromatic heterocycles. The summed E-state index contributed by atoms with van der Waals surface area (Å²) in [4.78, 5) is 12.2. The molecule has 1 heterocycles. The van der Waals surface area contributed by atoms with E-state index in [2.05, 4.69) is 24.2 Å². The van der Waals surface area contributed by atoms with Gasteiger partial charge in [-0.05, 0) is 31.4 Å². The second-order valence-corrected chi connectivity index (χ2v) is 4.91. The summed E-state index contributed by atoms with van der Waals surface area (Å²) in [5.74, 6) is 0.0487. The van der Waals surface area contributed by atoms with Crippen LogP contribution in [0.3, 0.4) is 0 Å². The van der Waals surface area contributed by atoms with E-state index in [0.29, 0.717) is 23.7 Å². The highest BCUT2D eigenvalue weighted by Crippen LogP contribution is 2.18. The lowest BCUT2D eigenvalue weighted by Crippen LogP contribution is -2.11. The molecule has 0 saturated carbocycles. The number of rotatable bonds is 5. The number of carbonyl (C=O) groups is 1. The summed E-state index contributed by atoms with van der Waals surface area (Å²) >= 11 is 6.03. The lowest BCUT2D eigenvalue weighted by Gasteiger charge is -2.06. The van der Waals surface area contributed by atoms with Crippen LogP contribution in [0.15, 0.2) is 30.5 Å². The number of hydrogen-bond acceptors (Lipinski definition) is 2. The maximum Gasteiger partial charge on any atom is 0.182 e. The van der Waals surface area contributed by atoms with E-state index in [4.69, 9.17) is 11.6 Å². The van der Waals surface area contributed by atoms with Gasteiger partial charge in [-0.2, -0.15) is 5.10 Å². The van der Waals surface area contributed by atoms with Crippen LogP contribution in [0.4, 0.5) is 0 Å². The van der Waals surface area contributed by atoms with E-state index >= 15 is 0 Å². The third-order valence-electron chi connectivity index (χ3n) is 3.24. The minimum absolute atomic E-state index is 0.0487. The van der Waals surface area contributed by atoms with Gasteiger partial charge in [0.05, 0.1) is 11.2 Å². The van der Waals surface area contributed by atoms with E-state index < -0.39 is 0 Å². The zero-order valence-corrected chi connectivity index (χ0v) is 11.9. The van der Waals surface area contributed by atoms with Gasteiger partial charge >= 0.3 is 0 Å². The van der Waals surface area contributed by atoms with Gasteiger partial charge in [0, 0.05) is 13.0 Å². The van der Waals surface area contributed by atoms with Gasteiger partial charge in [0.25, 0.3) is 0 Å². The van der Waals surface area contributed by atoms with E-state index in [0.717, 1.165) is 6.42 Å². The van der Waals surface area contributed by atoms with Crippen molar-refractivity contribution in [1.29, 1.82) is 0 Å². The Hall–Kier alpha value is -1.61. The van der Waals surface area contributed by atoms with Gasteiger partial charge in [0.15, 0.2) is 5.78 Å². The highest BCUT2D eigenvalue weighted by Gasteiger charge is 2.16. The van der Waals surface area contributed by atoms with Gasteiger partial charge in [0.1, 0.15) is 5.69 Å². The Bertz CT molecular complexity index is 590. The van der Waals surface area contributed by atoms with Gasteiger partial charge in [0.2, 0.25) is 0 Å². The average Bonchev–Trinajstić information content (AvgIpc) is 2.78. The van der Waals surface area contributed by atoms with E-state index in [1.807, 2.05) is 19.1 Å². The SMILES string of the molecule is CCn1ncc(Cl)c1C(=O)CCc1ccccc1C. The Balaban J connectivity index is 2.10. The lowest BCUT2D eigenvalue weighted by molar-refractivity contribution is 0.0972. The quantitative estimate of drug-likeness (QED) is 0.781. The van der Waals surface area contributed by atoms with Crippen LogP contribution in [-0.4, -0.2) is 15.6 Å². The smallest absolute Gasteiger partial charge is 0.182 e. The topological polar surface area (TPSA) is 34.9 Å². The van der Waals surface area contributed by atoms with Crippen LogP contribution < -0.4 is 0 Å². The molecule has 2 aromatic rings. The first-order valence-electron chi connectivity index (χ1n) is 6.42. The zero-order chi connectivity index (χ0) is 13.8. The number of Topliss-reactive ketones (excluding diaryl/α,β-unsaturated/α-hetero) is 1. The fraction of sp³-hybridized carbons (Fsp3) is 0.333. The van der Waals surface area contributed by atoms with Crippen molar-refractivity contribution in [1.82, 2.24) is 9.78 Å². The predicted molar refractivity (Wildman–Crippen MR) is 76.7 cm³/mol. The molecule has 0 aliphatic rings. The molecule has 1 aromatic carbocycles. The van der Waals surface area contributed by atoms with E-state index in [9.17, 15) is 4.79 Å². The lowest BCUT2D eigenvalue weighted by atomic mass is 10.0. The van der Waals surface area contributed by atoms with E-state index in [1.165, 1.54) is 17.3 Å². The largest absolute Gasteiger partial charge is 0.292 e. The Morgan fingerprint density at radius 1 is 1.37 bits per heavy atom. The minimum Gasteiger partial charge on any atom is -0.292 e. The Morgan fingerprint density at radius 3 is 2.79 bits per heavy atom. The van der Waals surface area contributed by atoms with Crippen LogP contribution in [0.1, 0.15) is 35.0 Å². The van der Waals surface area contributed by atoms with Gasteiger partial charge in [-0.25, -0.2) is 0 Å². The second-order valence-electron chi connectivity index (χ2n) is 4.51. The van der Waals surface area contributed by atoms with Gasteiger partial charge < -0.3 is 0 Å². The van der Waals surface area contributed by atoms with Crippen molar-refractivity contribution in [3.05, 3.63) is 52.3 Å². The Labute approximate surface area is 118 Å². The first-order chi connectivity index (χ1) is 9.13. The Kier molecular flexibility index (Phi) is 4.38. The van der Waals surface area contributed by atoms with Crippen molar-refractivity contribution in [3.8, 4) is 0 Å². The van der Waals surface area contributed by atoms with Crippen molar-refractivity contribution in [2.75, 3.05) is 0 Å². The molecule has 0 radical (unpaired) electrons. The molecule has 0 atom stereocenters. The number of nitrogens with zero attached hydrogens (tertiary/aromatic N) is 2. The van der Waals surface area contributed by atoms with Gasteiger partial charge in [-0.1, -0.05) is 35.9 Å². The summed E-state index contributed by atoms with van der Waals surface area (Å²) in [6.45, 7) is 4.66. The molecule has 0 aliphatic heterocycles. The number of ketones is 1. The summed E-state index contributed by atoms with van der Waals surface area (Å²) < 4.78 is 1.66. The minimum atomic E-state index is 0.0487. The summed E-state index contributed by atoms with van der Waals surface area (Å²) in [5.41, 5.74) is 2.94. The molecule has 0 aliphatic carbocycles. The molecule has 0 bridgehead atoms. The van der Waals surface area contributed by atoms with Crippen LogP contribution in [-0.2, 0) is 13.0 Å². The van der Waals surface area contributed by atoms with Crippen molar-refractivity contribution in [3.63, 3.8) is 0 Å². The average molecular weight is 277 g/mol. The van der Waals surface area contributed by atoms with E-state index in [1.54, 1.807) is 4.68 Å². The number of aryl methyl sites for hydroxylation is 3. The van der Waals surface area contributed by atoms with Crippen molar-refractivity contribution in [2.45, 2.75) is 33.2 Å². The van der Waals surface area contributed by atoms with Crippen molar-refractivity contribution < 1.29 is 4.79 Å². The molecule has 0 amide bonds. The molecule has 3 nitrogen and oxygen atoms in total. The van der Waals surface area contributed by atoms with Crippen LogP contribution in [0.2, 0.25) is 5.02 Å². The number of hydrogen-bond donors (Lipinski definition) is 0. The monoisotopic (exact) mass is 276 g/mol. The van der Waals surface area contributed by atoms with Crippen molar-refractivity contribution in [2.24, 2.45) is 0 Å². The predicted octanol–water partition coefficient (Wildman–Crippen LogP) is 3.68. The van der Waals surface area contributed by atoms with Crippen LogP contribution in [0.25, 0.3) is 0 Å². The van der Waals surface area contributed by atoms with Crippen LogP contribution in [0, 0.1) is 6.92 Å². The molecule has 0 fully saturated rings. The first kappa shape index (κ1) is 13.8. The van der Waals surface area contributed by atoms with E-state index in [-0.39, 0.29) is 5.78 Å². The molecular formula is C15H17ClN2O. The first-order valence-corrected chi connectivity index (χ1v) is 6.80. The highest BCUT2D eigenvalue weighted by atomic mass is 35.5. The molecule has 4 heteroatoms. The molecule has 0 saturated heterocycles. The molecular weight excluding hydrogens is 260 g/mol. The molecule has 0 N–H and O–H groups in total. The second kappa shape index (κ2) is 6.02. The standard InChI is InChI=1S/C15H17ClN2O/c1-3-18-15(13(16)10-17-18)14(19)9-8-12-7-5-4-6-11(12)2/h4-7,10H,3,8-9H2,1-2H3. The molecule has 19 heavy (non-hydrogen) atoms. The highest BCUT2D eigenvalue weighted by molar-refractivity contribution is 6.33. The summed E-state index contributed by atoms with van der Waals surface area (Å²) in [5, 5.41) is 4.53. The van der Waals surface area contributed by atoms with Gasteiger partial charge in [-0.15, -0.1) is 0 Å². The Morgan fingerprint density at radius 2 is 2.11 bits per heavy atom. The number of aromatic nitrogens is 2. The van der Waals surface area contributed by atoms with Crippen LogP contribution in [0.5, 0.6) is 0 Å². The number of halogens is 1. The maximum atomic E-state index is 12.2. The summed E-state index contributed by atoms with van der Waals surface area (Å²) in [6, 6.07) is 8.12. The summed E-state index contributed by atoms with van der Waals surface area (Å²) in [6.07, 6.45) is 2.72. The van der Waals surface area contributed by atoms with Crippen molar-refractivity contribution >= 4 is 17.4 Å². The molecule has 0 unspecified atom stereocenters. The number of carbonyl (C=O) groups excluding carboxylic acids is 1. The molecule has 0 spiro atoms. The fourth-order valence-corrected chi connectivity index (χ4v) is 2.38. The molecule has 2 rings (SSSR count). The summed E-state index contributed by atoms with van der Waals surface area (Å²) in [7, 11) is 0. The normalized spacial score (nSPS) is 10.7.